The maximum Gasteiger partial charge on any atom is 0.185 e. The third kappa shape index (κ3) is 3.67. The van der Waals surface area contributed by atoms with Crippen LogP contribution in [0.2, 0.25) is 0 Å². The highest BCUT2D eigenvalue weighted by molar-refractivity contribution is 7.14. The first kappa shape index (κ1) is 19.7. The number of fused-ring (bicyclic) bond motifs is 1. The van der Waals surface area contributed by atoms with Gasteiger partial charge in [-0.2, -0.15) is 0 Å². The Morgan fingerprint density at radius 1 is 1.17 bits per heavy atom. The molecule has 154 valence electrons. The van der Waals surface area contributed by atoms with Gasteiger partial charge in [-0.05, 0) is 13.0 Å². The summed E-state index contributed by atoms with van der Waals surface area (Å²) in [7, 11) is 7.34. The molecule has 0 N–H and O–H groups in total. The summed E-state index contributed by atoms with van der Waals surface area (Å²) in [6.07, 6.45) is 0. The van der Waals surface area contributed by atoms with Crippen molar-refractivity contribution in [2.45, 2.75) is 26.1 Å². The quantitative estimate of drug-likeness (QED) is 0.614. The third-order valence-electron chi connectivity index (χ3n) is 5.28. The molecule has 29 heavy (non-hydrogen) atoms. The van der Waals surface area contributed by atoms with Gasteiger partial charge in [-0.25, -0.2) is 4.98 Å². The van der Waals surface area contributed by atoms with Crippen LogP contribution in [-0.2, 0) is 13.1 Å². The van der Waals surface area contributed by atoms with E-state index in [1.54, 1.807) is 25.6 Å². The highest BCUT2D eigenvalue weighted by atomic mass is 32.1. The van der Waals surface area contributed by atoms with Gasteiger partial charge < -0.3 is 18.9 Å². The van der Waals surface area contributed by atoms with E-state index in [0.29, 0.717) is 0 Å². The van der Waals surface area contributed by atoms with Gasteiger partial charge in [0.15, 0.2) is 16.8 Å². The fourth-order valence-corrected chi connectivity index (χ4v) is 4.35. The number of ether oxygens (including phenoxy) is 2. The van der Waals surface area contributed by atoms with Gasteiger partial charge in [-0.1, -0.05) is 6.07 Å². The molecule has 1 unspecified atom stereocenters. The molecule has 0 fully saturated rings. The van der Waals surface area contributed by atoms with Crippen molar-refractivity contribution in [2.24, 2.45) is 0 Å². The zero-order valence-corrected chi connectivity index (χ0v) is 18.2. The second-order valence-electron chi connectivity index (χ2n) is 7.27. The van der Waals surface area contributed by atoms with Crippen LogP contribution < -0.4 is 14.4 Å². The third-order valence-corrected chi connectivity index (χ3v) is 6.29. The maximum atomic E-state index is 5.57. The average Bonchev–Trinajstić information content (AvgIpc) is 3.37. The molecular formula is C20H26N6O2S. The minimum absolute atomic E-state index is 0.142. The van der Waals surface area contributed by atoms with Crippen molar-refractivity contribution >= 4 is 16.5 Å². The average molecular weight is 415 g/mol. The van der Waals surface area contributed by atoms with Crippen molar-refractivity contribution in [3.05, 3.63) is 35.0 Å². The van der Waals surface area contributed by atoms with Crippen LogP contribution in [0.1, 0.15) is 24.4 Å². The SMILES string of the molecule is COc1ccc(CN2CCn3c(-c4csc(N(C)C)n4)nnc3C2C)c(OC)c1. The topological polar surface area (TPSA) is 68.5 Å². The number of hydrogen-bond acceptors (Lipinski definition) is 8. The van der Waals surface area contributed by atoms with Crippen molar-refractivity contribution in [1.82, 2.24) is 24.6 Å². The molecule has 0 saturated carbocycles. The summed E-state index contributed by atoms with van der Waals surface area (Å²) in [5.41, 5.74) is 2.01. The molecule has 0 spiro atoms. The number of nitrogens with zero attached hydrogens (tertiary/aromatic N) is 6. The summed E-state index contributed by atoms with van der Waals surface area (Å²) in [5, 5.41) is 12.0. The van der Waals surface area contributed by atoms with Crippen LogP contribution in [0.5, 0.6) is 11.5 Å². The second kappa shape index (κ2) is 8.00. The van der Waals surface area contributed by atoms with E-state index in [0.717, 1.165) is 59.2 Å². The maximum absolute atomic E-state index is 5.57. The lowest BCUT2D eigenvalue weighted by Crippen LogP contribution is -2.36. The van der Waals surface area contributed by atoms with Gasteiger partial charge in [0.2, 0.25) is 0 Å². The molecule has 1 atom stereocenters. The van der Waals surface area contributed by atoms with Crippen LogP contribution in [0.3, 0.4) is 0 Å². The lowest BCUT2D eigenvalue weighted by molar-refractivity contribution is 0.155. The van der Waals surface area contributed by atoms with Crippen LogP contribution in [0.15, 0.2) is 23.6 Å². The molecule has 0 saturated heterocycles. The van der Waals surface area contributed by atoms with Crippen molar-refractivity contribution < 1.29 is 9.47 Å². The molecule has 0 radical (unpaired) electrons. The smallest absolute Gasteiger partial charge is 0.185 e. The number of benzene rings is 1. The zero-order valence-electron chi connectivity index (χ0n) is 17.4. The predicted molar refractivity (Wildman–Crippen MR) is 114 cm³/mol. The summed E-state index contributed by atoms with van der Waals surface area (Å²) in [6, 6.07) is 6.10. The molecule has 0 bridgehead atoms. The molecular weight excluding hydrogens is 388 g/mol. The predicted octanol–water partition coefficient (Wildman–Crippen LogP) is 3.06. The summed E-state index contributed by atoms with van der Waals surface area (Å²) in [4.78, 5) is 9.09. The first-order valence-electron chi connectivity index (χ1n) is 9.53. The van der Waals surface area contributed by atoms with Gasteiger partial charge in [-0.15, -0.1) is 21.5 Å². The molecule has 3 heterocycles. The second-order valence-corrected chi connectivity index (χ2v) is 8.10. The molecule has 3 aromatic rings. The zero-order chi connectivity index (χ0) is 20.5. The Morgan fingerprint density at radius 3 is 2.69 bits per heavy atom. The summed E-state index contributed by atoms with van der Waals surface area (Å²) >= 11 is 1.62. The minimum atomic E-state index is 0.142. The number of methoxy groups -OCH3 is 2. The number of thiazole rings is 1. The Kier molecular flexibility index (Phi) is 5.42. The molecule has 4 rings (SSSR count). The Labute approximate surface area is 174 Å². The molecule has 2 aromatic heterocycles. The Morgan fingerprint density at radius 2 is 2.00 bits per heavy atom. The van der Waals surface area contributed by atoms with Gasteiger partial charge in [0.1, 0.15) is 17.2 Å². The molecule has 8 nitrogen and oxygen atoms in total. The Bertz CT molecular complexity index is 999. The van der Waals surface area contributed by atoms with Crippen molar-refractivity contribution in [3.8, 4) is 23.0 Å². The minimum Gasteiger partial charge on any atom is -0.497 e. The van der Waals surface area contributed by atoms with E-state index in [1.165, 1.54) is 0 Å². The van der Waals surface area contributed by atoms with Crippen molar-refractivity contribution in [3.63, 3.8) is 0 Å². The lowest BCUT2D eigenvalue weighted by Gasteiger charge is -2.33. The van der Waals surface area contributed by atoms with Crippen molar-refractivity contribution in [2.75, 3.05) is 39.8 Å². The van der Waals surface area contributed by atoms with Crippen LogP contribution in [-0.4, -0.2) is 59.5 Å². The van der Waals surface area contributed by atoms with Crippen LogP contribution in [0, 0.1) is 0 Å². The number of anilines is 1. The van der Waals surface area contributed by atoms with Gasteiger partial charge in [0, 0.05) is 50.7 Å². The van der Waals surface area contributed by atoms with E-state index in [4.69, 9.17) is 14.5 Å². The van der Waals surface area contributed by atoms with Gasteiger partial charge in [-0.3, -0.25) is 4.90 Å². The normalized spacial score (nSPS) is 16.5. The molecule has 1 aliphatic heterocycles. The van der Waals surface area contributed by atoms with Crippen molar-refractivity contribution in [1.29, 1.82) is 0 Å². The fourth-order valence-electron chi connectivity index (χ4n) is 3.61. The van der Waals surface area contributed by atoms with E-state index in [1.807, 2.05) is 36.5 Å². The van der Waals surface area contributed by atoms with Crippen LogP contribution >= 0.6 is 11.3 Å². The Balaban J connectivity index is 1.57. The van der Waals surface area contributed by atoms with Gasteiger partial charge in [0.05, 0.1) is 20.3 Å². The molecule has 0 amide bonds. The Hall–Kier alpha value is -2.65. The van der Waals surface area contributed by atoms with E-state index < -0.39 is 0 Å². The van der Waals surface area contributed by atoms with Gasteiger partial charge >= 0.3 is 0 Å². The van der Waals surface area contributed by atoms with E-state index in [-0.39, 0.29) is 6.04 Å². The molecule has 1 aliphatic rings. The monoisotopic (exact) mass is 414 g/mol. The largest absolute Gasteiger partial charge is 0.497 e. The lowest BCUT2D eigenvalue weighted by atomic mass is 10.1. The first-order valence-corrected chi connectivity index (χ1v) is 10.4. The highest BCUT2D eigenvalue weighted by Gasteiger charge is 2.29. The van der Waals surface area contributed by atoms with Crippen LogP contribution in [0.25, 0.3) is 11.5 Å². The number of rotatable bonds is 6. The number of hydrogen-bond donors (Lipinski definition) is 0. The fraction of sp³-hybridized carbons (Fsp3) is 0.450. The van der Waals surface area contributed by atoms with E-state index >= 15 is 0 Å². The van der Waals surface area contributed by atoms with Crippen LogP contribution in [0.4, 0.5) is 5.13 Å². The highest BCUT2D eigenvalue weighted by Crippen LogP contribution is 2.33. The molecule has 0 aliphatic carbocycles. The van der Waals surface area contributed by atoms with Gasteiger partial charge in [0.25, 0.3) is 0 Å². The van der Waals surface area contributed by atoms with E-state index in [9.17, 15) is 0 Å². The first-order chi connectivity index (χ1) is 14.0. The molecule has 1 aromatic carbocycles. The van der Waals surface area contributed by atoms with E-state index in [2.05, 4.69) is 32.7 Å². The molecule has 9 heteroatoms. The summed E-state index contributed by atoms with van der Waals surface area (Å²) < 4.78 is 13.1. The standard InChI is InChI=1S/C20H26N6O2S/c1-13-18-22-23-19(16-12-29-20(21-16)24(2)3)26(18)9-8-25(13)11-14-6-7-15(27-4)10-17(14)28-5/h6-7,10,12-13H,8-9,11H2,1-5H3. The summed E-state index contributed by atoms with van der Waals surface area (Å²) in [6.45, 7) is 4.68. The summed E-state index contributed by atoms with van der Waals surface area (Å²) in [5.74, 6) is 3.45. The number of aromatic nitrogens is 4.